The molecule has 0 unspecified atom stereocenters. The quantitative estimate of drug-likeness (QED) is 0.698. The molecule has 0 rings (SSSR count). The van der Waals surface area contributed by atoms with Crippen molar-refractivity contribution in [1.82, 2.24) is 4.49 Å². The van der Waals surface area contributed by atoms with Gasteiger partial charge < -0.3 is 0 Å². The maximum absolute atomic E-state index is 11.5. The summed E-state index contributed by atoms with van der Waals surface area (Å²) in [5.41, 5.74) is 0. The number of hydrogen-bond donors (Lipinski definition) is 1. The van der Waals surface area contributed by atoms with E-state index in [1.54, 1.807) is 0 Å². The Morgan fingerprint density at radius 2 is 2.00 bits per heavy atom. The fraction of sp³-hybridized carbons (Fsp3) is 1.00. The van der Waals surface area contributed by atoms with E-state index in [0.29, 0.717) is 4.49 Å². The van der Waals surface area contributed by atoms with Crippen LogP contribution in [0.2, 0.25) is 0 Å². The van der Waals surface area contributed by atoms with Crippen LogP contribution in [0.1, 0.15) is 6.92 Å². The van der Waals surface area contributed by atoms with E-state index in [1.807, 2.05) is 0 Å². The first-order valence-electron chi connectivity index (χ1n) is 2.44. The summed E-state index contributed by atoms with van der Waals surface area (Å²) in [5.74, 6) is 0. The molecule has 0 amide bonds. The molecule has 0 aliphatic carbocycles. The van der Waals surface area contributed by atoms with Crippen LogP contribution >= 0.6 is 7.91 Å². The summed E-state index contributed by atoms with van der Waals surface area (Å²) in [5, 5.41) is 0. The second-order valence-electron chi connectivity index (χ2n) is 1.41. The van der Waals surface area contributed by atoms with Gasteiger partial charge in [-0.25, -0.2) is 4.57 Å². The van der Waals surface area contributed by atoms with Crippen LogP contribution in [-0.2, 0) is 19.1 Å². The van der Waals surface area contributed by atoms with Crippen molar-refractivity contribution in [2.24, 2.45) is 0 Å². The largest absolute Gasteiger partial charge is 0.495 e. The van der Waals surface area contributed by atoms with Crippen LogP contribution in [0.4, 0.5) is 8.39 Å². The summed E-state index contributed by atoms with van der Waals surface area (Å²) >= 11 is 0. The molecule has 0 saturated heterocycles. The lowest BCUT2D eigenvalue weighted by molar-refractivity contribution is 0.333. The summed E-state index contributed by atoms with van der Waals surface area (Å²) in [4.78, 5) is 0. The lowest BCUT2D eigenvalue weighted by Crippen LogP contribution is -2.20. The zero-order valence-corrected chi connectivity index (χ0v) is 7.16. The molecule has 0 atom stereocenters. The molecule has 0 aliphatic rings. The van der Waals surface area contributed by atoms with Crippen LogP contribution in [0.5, 0.6) is 0 Å². The van der Waals surface area contributed by atoms with Crippen molar-refractivity contribution < 1.29 is 25.6 Å². The zero-order valence-electron chi connectivity index (χ0n) is 5.45. The number of halogens is 2. The van der Waals surface area contributed by atoms with Crippen molar-refractivity contribution in [3.05, 3.63) is 0 Å². The molecule has 11 heavy (non-hydrogen) atoms. The Hall–Kier alpha value is -0.0400. The van der Waals surface area contributed by atoms with E-state index in [1.165, 1.54) is 6.92 Å². The topological polar surface area (TPSA) is 72.5 Å². The van der Waals surface area contributed by atoms with Crippen LogP contribution in [-0.4, -0.2) is 15.0 Å². The molecular weight excluding hydrogens is 203 g/mol. The highest BCUT2D eigenvalue weighted by molar-refractivity contribution is 7.90. The van der Waals surface area contributed by atoms with Gasteiger partial charge in [0, 0.05) is 0 Å². The molecule has 0 spiro atoms. The molecule has 0 heterocycles. The minimum atomic E-state index is -5.78. The Morgan fingerprint density at radius 3 is 2.27 bits per heavy atom. The van der Waals surface area contributed by atoms with Crippen molar-refractivity contribution in [3.8, 4) is 0 Å². The van der Waals surface area contributed by atoms with Crippen LogP contribution in [0.3, 0.4) is 0 Å². The monoisotopic (exact) mass is 209 g/mol. The van der Waals surface area contributed by atoms with Crippen LogP contribution in [0.15, 0.2) is 0 Å². The molecule has 0 fully saturated rings. The fourth-order valence-corrected chi connectivity index (χ4v) is 1.87. The van der Waals surface area contributed by atoms with Crippen molar-refractivity contribution in [1.29, 1.82) is 0 Å². The van der Waals surface area contributed by atoms with Gasteiger partial charge in [0.25, 0.3) is 0 Å². The predicted molar refractivity (Wildman–Crippen MR) is 33.5 cm³/mol. The van der Waals surface area contributed by atoms with Gasteiger partial charge in [0.1, 0.15) is 0 Å². The van der Waals surface area contributed by atoms with E-state index >= 15 is 0 Å². The molecule has 0 radical (unpaired) electrons. The maximum atomic E-state index is 11.5. The Kier molecular flexibility index (Phi) is 3.56. The van der Waals surface area contributed by atoms with Gasteiger partial charge in [0.2, 0.25) is 0 Å². The predicted octanol–water partition coefficient (Wildman–Crippen LogP) is 0.904. The average molecular weight is 209 g/mol. The Labute approximate surface area is 62.7 Å². The smallest absolute Gasteiger partial charge is 0.258 e. The first-order chi connectivity index (χ1) is 4.77. The number of hydrogen-bond acceptors (Lipinski definition) is 4. The molecule has 0 aromatic carbocycles. The minimum absolute atomic E-state index is 0.296. The Bertz CT molecular complexity index is 257. The van der Waals surface area contributed by atoms with Gasteiger partial charge in [-0.05, 0) is 6.92 Å². The van der Waals surface area contributed by atoms with Gasteiger partial charge in [0.05, 0.1) is 6.61 Å². The third kappa shape index (κ3) is 6.36. The molecule has 1 N–H and O–H groups in total. The highest BCUT2D eigenvalue weighted by Crippen LogP contribution is 2.44. The van der Waals surface area contributed by atoms with E-state index < -0.39 is 18.2 Å². The van der Waals surface area contributed by atoms with Crippen molar-refractivity contribution in [2.75, 3.05) is 6.61 Å². The Morgan fingerprint density at radius 1 is 1.55 bits per heavy atom. The van der Waals surface area contributed by atoms with E-state index in [9.17, 15) is 21.4 Å². The maximum Gasteiger partial charge on any atom is 0.495 e. The summed E-state index contributed by atoms with van der Waals surface area (Å²) in [6, 6.07) is 0. The van der Waals surface area contributed by atoms with Gasteiger partial charge >= 0.3 is 18.2 Å². The first-order valence-corrected chi connectivity index (χ1v) is 5.34. The van der Waals surface area contributed by atoms with Crippen LogP contribution in [0.25, 0.3) is 0 Å². The van der Waals surface area contributed by atoms with Crippen molar-refractivity contribution >= 4 is 18.2 Å². The third-order valence-corrected chi connectivity index (χ3v) is 2.78. The molecule has 68 valence electrons. The van der Waals surface area contributed by atoms with Crippen molar-refractivity contribution in [3.63, 3.8) is 0 Å². The fourth-order valence-electron chi connectivity index (χ4n) is 0.312. The van der Waals surface area contributed by atoms with E-state index in [4.69, 9.17) is 0 Å². The molecule has 0 bridgehead atoms. The number of nitrogens with one attached hydrogen (secondary N) is 1. The normalized spacial score (nSPS) is 13.4. The van der Waals surface area contributed by atoms with Gasteiger partial charge in [-0.3, -0.25) is 4.18 Å². The number of rotatable bonds is 4. The minimum Gasteiger partial charge on any atom is -0.258 e. The molecule has 0 saturated carbocycles. The van der Waals surface area contributed by atoms with Gasteiger partial charge in [-0.15, -0.1) is 8.39 Å². The third-order valence-electron chi connectivity index (χ3n) is 0.491. The lowest BCUT2D eigenvalue weighted by Gasteiger charge is -2.02. The molecule has 9 heteroatoms. The second kappa shape index (κ2) is 3.57. The summed E-state index contributed by atoms with van der Waals surface area (Å²) in [6.07, 6.45) is 0. The second-order valence-corrected chi connectivity index (χ2v) is 4.21. The lowest BCUT2D eigenvalue weighted by atomic mass is 10.9. The van der Waals surface area contributed by atoms with Crippen molar-refractivity contribution in [2.45, 2.75) is 6.92 Å². The standard InChI is InChI=1S/C2H6F2NO4PS/c1-2-9-11(7,8)5-10(3,4)6/h2H2,1H3,(H,5,6). The highest BCUT2D eigenvalue weighted by Gasteiger charge is 2.27. The van der Waals surface area contributed by atoms with E-state index in [2.05, 4.69) is 4.18 Å². The summed E-state index contributed by atoms with van der Waals surface area (Å²) in [7, 11) is -10.3. The molecule has 0 aliphatic heterocycles. The zero-order chi connectivity index (χ0) is 9.12. The molecular formula is C2H6F2NO4PS. The van der Waals surface area contributed by atoms with Crippen LogP contribution in [0, 0.1) is 0 Å². The van der Waals surface area contributed by atoms with Gasteiger partial charge in [-0.1, -0.05) is 4.49 Å². The van der Waals surface area contributed by atoms with E-state index in [0.717, 1.165) is 0 Å². The summed E-state index contributed by atoms with van der Waals surface area (Å²) < 4.78 is 57.6. The Balaban J connectivity index is 4.27. The van der Waals surface area contributed by atoms with Gasteiger partial charge in [0.15, 0.2) is 0 Å². The highest BCUT2D eigenvalue weighted by atomic mass is 32.2. The first kappa shape index (κ1) is 11.0. The van der Waals surface area contributed by atoms with E-state index in [-0.39, 0.29) is 6.61 Å². The molecule has 0 aromatic rings. The average Bonchev–Trinajstić information content (AvgIpc) is 1.55. The molecule has 5 nitrogen and oxygen atoms in total. The van der Waals surface area contributed by atoms with Gasteiger partial charge in [-0.2, -0.15) is 8.42 Å². The SMILES string of the molecule is CCOS(=O)(=O)NP(=O)(F)F. The molecule has 0 aromatic heterocycles. The summed E-state index contributed by atoms with van der Waals surface area (Å²) in [6.45, 7) is 0.996. The van der Waals surface area contributed by atoms with Crippen LogP contribution < -0.4 is 4.49 Å².